The minimum absolute atomic E-state index is 0.591. The summed E-state index contributed by atoms with van der Waals surface area (Å²) in [6, 6.07) is 181. The lowest BCUT2D eigenvalue weighted by molar-refractivity contribution is 0.623. The molecule has 6 aromatic heterocycles. The molecule has 1 aliphatic carbocycles. The third-order valence-corrected chi connectivity index (χ3v) is 30.4. The molecule has 0 spiro atoms. The van der Waals surface area contributed by atoms with Crippen molar-refractivity contribution in [2.45, 2.75) is 0 Å². The SMILES string of the molecule is c1ccc(-c2ccc(N(c3ccccc3)c3ccc(-n4c5cccc6c5c5c7c(cccc7ccc54)-c4ccccc4-6)cc3)cc2)cc1.c1ccc(-c2cccc(N(c3ccc(-c4nc5ccc6ccc7ccccc7c6c5o4)cc3)c3ccc4c(c3)sc3ccccc34)c2)cc1.c1ccc2c(c1)ccc1ccc3nc(-c4ccc(N(c5ccc6c(c5)oc5ccccc56)c5ccc6oc7ccccc7c6c5)cc4)oc3c12. The Bertz CT molecular complexity index is 10500. The lowest BCUT2D eigenvalue weighted by atomic mass is 9.93. The highest BCUT2D eigenvalue weighted by Crippen LogP contribution is 2.53. The van der Waals surface area contributed by atoms with Crippen LogP contribution in [0.4, 0.5) is 51.2 Å². The Morgan fingerprint density at radius 1 is 0.190 bits per heavy atom. The minimum Gasteiger partial charge on any atom is -0.456 e. The van der Waals surface area contributed by atoms with Crippen LogP contribution < -0.4 is 14.7 Å². The van der Waals surface area contributed by atoms with Gasteiger partial charge in [0.2, 0.25) is 11.8 Å². The second-order valence-corrected chi connectivity index (χ2v) is 38.8. The number of rotatable bonds is 14. The van der Waals surface area contributed by atoms with Gasteiger partial charge in [-0.25, -0.2) is 9.97 Å². The standard InChI is InChI=1S/C46H30N2.C45H26N2O3.C45H28N2OS/c1-3-11-31(12-4-1)32-21-24-35(25-22-32)47(34-14-5-2-6-15-34)36-26-28-37(29-27-36)48-42-20-10-19-41-39-17-8-7-16-38(39)40-18-9-13-33-23-30-43(48)46(44(33)40)45(41)42;1-2-8-33-27(7-1)13-14-28-17-23-38-44(43(28)33)50-45(46-38)29-15-18-30(19-16-29)47(31-21-24-41-37(25-31)35-10-4-6-12-40(35)48-41)32-20-22-36-34-9-3-5-11-39(34)49-42(36)26-32;1-2-9-29(10-3-1)33-12-8-13-35(27-33)47(36-24-25-39-38-15-6-7-16-41(38)49-42(39)28-36)34-22-19-32(20-23-34)45-46-40-26-21-31-18-17-30-11-4-5-14-37(30)43(31)44(40)48-45/h1-30H;1-26H;1-28H. The molecular formula is C136H84N6O4S. The van der Waals surface area contributed by atoms with E-state index in [4.69, 9.17) is 27.6 Å². The van der Waals surface area contributed by atoms with Gasteiger partial charge in [-0.3, -0.25) is 0 Å². The molecule has 0 bridgehead atoms. The lowest BCUT2D eigenvalue weighted by Crippen LogP contribution is -2.10. The second kappa shape index (κ2) is 34.8. The van der Waals surface area contributed by atoms with E-state index in [1.165, 1.54) is 113 Å². The average molecular weight is 1900 g/mol. The summed E-state index contributed by atoms with van der Waals surface area (Å²) < 4.78 is 30.6. The second-order valence-electron chi connectivity index (χ2n) is 37.7. The third-order valence-electron chi connectivity index (χ3n) is 29.3. The summed E-state index contributed by atoms with van der Waals surface area (Å²) in [6.45, 7) is 0. The maximum Gasteiger partial charge on any atom is 0.227 e. The number of para-hydroxylation sites is 3. The number of hydrogen-bond donors (Lipinski definition) is 0. The zero-order chi connectivity index (χ0) is 96.7. The van der Waals surface area contributed by atoms with Crippen LogP contribution in [0.1, 0.15) is 0 Å². The zero-order valence-electron chi connectivity index (χ0n) is 79.2. The Hall–Kier alpha value is -19.5. The molecule has 11 heteroatoms. The molecule has 0 atom stereocenters. The van der Waals surface area contributed by atoms with Gasteiger partial charge < -0.3 is 36.9 Å². The van der Waals surface area contributed by atoms with E-state index in [0.29, 0.717) is 11.8 Å². The van der Waals surface area contributed by atoms with Crippen molar-refractivity contribution in [2.24, 2.45) is 0 Å². The van der Waals surface area contributed by atoms with Crippen molar-refractivity contribution in [3.63, 3.8) is 0 Å². The molecular weight excluding hydrogens is 1810 g/mol. The Morgan fingerprint density at radius 2 is 0.565 bits per heavy atom. The molecule has 31 rings (SSSR count). The van der Waals surface area contributed by atoms with Gasteiger partial charge in [0.05, 0.1) is 11.0 Å². The van der Waals surface area contributed by atoms with Crippen LogP contribution >= 0.6 is 11.3 Å². The van der Waals surface area contributed by atoms with E-state index in [1.54, 1.807) is 0 Å². The predicted molar refractivity (Wildman–Crippen MR) is 614 cm³/mol. The molecule has 0 unspecified atom stereocenters. The van der Waals surface area contributed by atoms with Crippen molar-refractivity contribution >= 4 is 224 Å². The quantitative estimate of drug-likeness (QED) is 0.0987. The summed E-state index contributed by atoms with van der Waals surface area (Å²) in [5, 5.41) is 21.4. The topological polar surface area (TPSA) is 93.0 Å². The van der Waals surface area contributed by atoms with E-state index in [-0.39, 0.29) is 0 Å². The van der Waals surface area contributed by atoms with Crippen molar-refractivity contribution in [3.05, 3.63) is 510 Å². The zero-order valence-corrected chi connectivity index (χ0v) is 80.0. The van der Waals surface area contributed by atoms with Crippen molar-refractivity contribution in [3.8, 4) is 73.1 Å². The molecule has 6 heterocycles. The van der Waals surface area contributed by atoms with Crippen molar-refractivity contribution in [1.82, 2.24) is 14.5 Å². The predicted octanol–water partition coefficient (Wildman–Crippen LogP) is 39.1. The van der Waals surface area contributed by atoms with Crippen LogP contribution in [0, 0.1) is 0 Å². The number of nitrogens with zero attached hydrogens (tertiary/aromatic N) is 6. The third kappa shape index (κ3) is 14.5. The largest absolute Gasteiger partial charge is 0.456 e. The van der Waals surface area contributed by atoms with E-state index in [9.17, 15) is 0 Å². The van der Waals surface area contributed by atoms with Gasteiger partial charge in [0.25, 0.3) is 0 Å². The number of benzene rings is 24. The minimum atomic E-state index is 0.591. The molecule has 0 N–H and O–H groups in total. The number of fused-ring (bicyclic) bond motifs is 22. The van der Waals surface area contributed by atoms with E-state index < -0.39 is 0 Å². The maximum absolute atomic E-state index is 6.56. The molecule has 0 fully saturated rings. The van der Waals surface area contributed by atoms with Crippen LogP contribution in [0.3, 0.4) is 0 Å². The fourth-order valence-electron chi connectivity index (χ4n) is 22.4. The molecule has 10 nitrogen and oxygen atoms in total. The van der Waals surface area contributed by atoms with Crippen LogP contribution in [0.5, 0.6) is 0 Å². The normalized spacial score (nSPS) is 11.8. The Kier molecular flexibility index (Phi) is 20.0. The maximum atomic E-state index is 6.56. The molecule has 688 valence electrons. The fraction of sp³-hybridized carbons (Fsp3) is 0. The first-order valence-corrected chi connectivity index (χ1v) is 50.5. The average Bonchev–Trinajstić information content (AvgIpc) is 1.54. The highest BCUT2D eigenvalue weighted by molar-refractivity contribution is 7.25. The summed E-state index contributed by atoms with van der Waals surface area (Å²) in [5.74, 6) is 1.21. The smallest absolute Gasteiger partial charge is 0.227 e. The Balaban J connectivity index is 0.000000104. The first kappa shape index (κ1) is 84.4. The Labute approximate surface area is 847 Å². The number of hydrogen-bond acceptors (Lipinski definition) is 10. The van der Waals surface area contributed by atoms with Gasteiger partial charge in [-0.05, 0) is 282 Å². The van der Waals surface area contributed by atoms with E-state index in [0.717, 1.165) is 161 Å². The highest BCUT2D eigenvalue weighted by atomic mass is 32.1. The van der Waals surface area contributed by atoms with Crippen LogP contribution in [-0.2, 0) is 0 Å². The first-order valence-electron chi connectivity index (χ1n) is 49.7. The number of thiophene rings is 1. The monoisotopic (exact) mass is 1900 g/mol. The van der Waals surface area contributed by atoms with Gasteiger partial charge in [0.1, 0.15) is 33.4 Å². The van der Waals surface area contributed by atoms with Crippen LogP contribution in [0.2, 0.25) is 0 Å². The number of oxazole rings is 2. The van der Waals surface area contributed by atoms with Crippen molar-refractivity contribution < 1.29 is 17.7 Å². The fourth-order valence-corrected chi connectivity index (χ4v) is 23.6. The summed E-state index contributed by atoms with van der Waals surface area (Å²) in [4.78, 5) is 16.8. The molecule has 30 aromatic rings. The van der Waals surface area contributed by atoms with Crippen molar-refractivity contribution in [1.29, 1.82) is 0 Å². The van der Waals surface area contributed by atoms with Gasteiger partial charge >= 0.3 is 0 Å². The molecule has 0 radical (unpaired) electrons. The number of aromatic nitrogens is 3. The van der Waals surface area contributed by atoms with Crippen LogP contribution in [0.25, 0.3) is 235 Å². The van der Waals surface area contributed by atoms with E-state index in [1.807, 2.05) is 53.8 Å². The molecule has 0 aliphatic heterocycles. The first-order chi connectivity index (χ1) is 72.8. The van der Waals surface area contributed by atoms with Gasteiger partial charge in [0.15, 0.2) is 11.2 Å². The summed E-state index contributed by atoms with van der Waals surface area (Å²) >= 11 is 1.84. The molecule has 0 saturated carbocycles. The van der Waals surface area contributed by atoms with Gasteiger partial charge in [-0.15, -0.1) is 11.3 Å². The summed E-state index contributed by atoms with van der Waals surface area (Å²) in [5.41, 5.74) is 31.8. The number of furan rings is 2. The lowest BCUT2D eigenvalue weighted by Gasteiger charge is -2.26. The van der Waals surface area contributed by atoms with Gasteiger partial charge in [0, 0.05) is 137 Å². The van der Waals surface area contributed by atoms with Crippen LogP contribution in [0.15, 0.2) is 527 Å². The van der Waals surface area contributed by atoms with Gasteiger partial charge in [-0.2, -0.15) is 0 Å². The van der Waals surface area contributed by atoms with Crippen molar-refractivity contribution in [2.75, 3.05) is 14.7 Å². The van der Waals surface area contributed by atoms with Gasteiger partial charge in [-0.1, -0.05) is 309 Å². The Morgan fingerprint density at radius 3 is 1.19 bits per heavy atom. The highest BCUT2D eigenvalue weighted by Gasteiger charge is 2.28. The van der Waals surface area contributed by atoms with Crippen LogP contribution in [-0.4, -0.2) is 14.5 Å². The number of anilines is 9. The molecule has 0 amide bonds. The molecule has 1 aliphatic rings. The van der Waals surface area contributed by atoms with E-state index in [2.05, 4.69) is 486 Å². The summed E-state index contributed by atoms with van der Waals surface area (Å²) in [6.07, 6.45) is 0. The molecule has 0 saturated heterocycles. The molecule has 24 aromatic carbocycles. The molecule has 147 heavy (non-hydrogen) atoms. The summed E-state index contributed by atoms with van der Waals surface area (Å²) in [7, 11) is 0. The van der Waals surface area contributed by atoms with E-state index >= 15 is 0 Å².